The Morgan fingerprint density at radius 1 is 1.30 bits per heavy atom. The van der Waals surface area contributed by atoms with E-state index < -0.39 is 10.0 Å². The predicted octanol–water partition coefficient (Wildman–Crippen LogP) is 1.41. The molecular formula is C14H13N3O4S2. The first kappa shape index (κ1) is 15.7. The fourth-order valence-corrected chi connectivity index (χ4v) is 4.08. The molecule has 2 N–H and O–H groups in total. The summed E-state index contributed by atoms with van der Waals surface area (Å²) in [5.74, 6) is 0.940. The molecule has 2 heterocycles. The van der Waals surface area contributed by atoms with E-state index >= 15 is 0 Å². The molecule has 0 bridgehead atoms. The molecule has 0 saturated carbocycles. The second kappa shape index (κ2) is 5.44. The molecule has 0 spiro atoms. The predicted molar refractivity (Wildman–Crippen MR) is 87.9 cm³/mol. The number of para-hydroxylation sites is 2. The summed E-state index contributed by atoms with van der Waals surface area (Å²) in [4.78, 5) is 17.5. The molecule has 7 nitrogen and oxygen atoms in total. The Morgan fingerprint density at radius 3 is 2.65 bits per heavy atom. The summed E-state index contributed by atoms with van der Waals surface area (Å²) in [5, 5.41) is 5.33. The number of thiophene rings is 1. The van der Waals surface area contributed by atoms with Gasteiger partial charge in [0.05, 0.1) is 18.2 Å². The molecule has 1 aromatic carbocycles. The van der Waals surface area contributed by atoms with Crippen LogP contribution in [0.3, 0.4) is 0 Å². The number of hydrogen-bond donors (Lipinski definition) is 1. The standard InChI is InChI=1S/C14H13N3O4S2/c1-8-16-13-9(7-12(22-13)23(15,19)20)14(18)17(8)10-5-3-4-6-11(10)21-2/h3-7H,1-2H3,(H2,15,19,20). The third-order valence-corrected chi connectivity index (χ3v) is 5.77. The van der Waals surface area contributed by atoms with Crippen molar-refractivity contribution >= 4 is 31.6 Å². The minimum absolute atomic E-state index is 0.0886. The molecule has 0 unspecified atom stereocenters. The average Bonchev–Trinajstić information content (AvgIpc) is 2.92. The van der Waals surface area contributed by atoms with Gasteiger partial charge in [-0.25, -0.2) is 18.5 Å². The minimum Gasteiger partial charge on any atom is -0.495 e. The Hall–Kier alpha value is -2.23. The molecule has 0 fully saturated rings. The number of hydrogen-bond acceptors (Lipinski definition) is 6. The monoisotopic (exact) mass is 351 g/mol. The first-order chi connectivity index (χ1) is 10.8. The number of rotatable bonds is 3. The van der Waals surface area contributed by atoms with Crippen molar-refractivity contribution in [2.75, 3.05) is 7.11 Å². The largest absolute Gasteiger partial charge is 0.495 e. The molecule has 23 heavy (non-hydrogen) atoms. The van der Waals surface area contributed by atoms with Gasteiger partial charge in [0.15, 0.2) is 0 Å². The molecule has 0 radical (unpaired) electrons. The molecule has 2 aromatic heterocycles. The van der Waals surface area contributed by atoms with Crippen molar-refractivity contribution in [1.82, 2.24) is 9.55 Å². The Bertz CT molecular complexity index is 1070. The number of nitrogens with two attached hydrogens (primary N) is 1. The number of sulfonamides is 1. The Morgan fingerprint density at radius 2 is 2.00 bits per heavy atom. The third kappa shape index (κ3) is 2.62. The zero-order chi connectivity index (χ0) is 16.8. The third-order valence-electron chi connectivity index (χ3n) is 3.32. The van der Waals surface area contributed by atoms with Crippen LogP contribution in [0, 0.1) is 6.92 Å². The SMILES string of the molecule is COc1ccccc1-n1c(C)nc2sc(S(N)(=O)=O)cc2c1=O. The second-order valence-corrected chi connectivity index (χ2v) is 7.62. The summed E-state index contributed by atoms with van der Waals surface area (Å²) < 4.78 is 29.6. The van der Waals surface area contributed by atoms with Crippen LogP contribution in [0.4, 0.5) is 0 Å². The van der Waals surface area contributed by atoms with Gasteiger partial charge in [0, 0.05) is 0 Å². The van der Waals surface area contributed by atoms with Crippen LogP contribution in [-0.2, 0) is 10.0 Å². The summed E-state index contributed by atoms with van der Waals surface area (Å²) in [6.45, 7) is 1.67. The molecular weight excluding hydrogens is 338 g/mol. The number of primary sulfonamides is 1. The highest BCUT2D eigenvalue weighted by molar-refractivity contribution is 7.91. The number of fused-ring (bicyclic) bond motifs is 1. The van der Waals surface area contributed by atoms with Crippen molar-refractivity contribution in [2.24, 2.45) is 5.14 Å². The van der Waals surface area contributed by atoms with Crippen LogP contribution in [-0.4, -0.2) is 25.1 Å². The van der Waals surface area contributed by atoms with Gasteiger partial charge in [-0.05, 0) is 25.1 Å². The first-order valence-corrected chi connectivity index (χ1v) is 8.88. The van der Waals surface area contributed by atoms with Crippen LogP contribution >= 0.6 is 11.3 Å². The van der Waals surface area contributed by atoms with Crippen molar-refractivity contribution in [3.05, 3.63) is 46.5 Å². The van der Waals surface area contributed by atoms with E-state index in [9.17, 15) is 13.2 Å². The maximum Gasteiger partial charge on any atom is 0.267 e. The molecule has 3 rings (SSSR count). The summed E-state index contributed by atoms with van der Waals surface area (Å²) in [7, 11) is -2.37. The smallest absolute Gasteiger partial charge is 0.267 e. The molecule has 9 heteroatoms. The Labute approximate surface area is 136 Å². The van der Waals surface area contributed by atoms with Gasteiger partial charge in [-0.15, -0.1) is 11.3 Å². The van der Waals surface area contributed by atoms with Gasteiger partial charge < -0.3 is 4.74 Å². The van der Waals surface area contributed by atoms with E-state index in [-0.39, 0.29) is 15.2 Å². The van der Waals surface area contributed by atoms with Crippen molar-refractivity contribution in [3.8, 4) is 11.4 Å². The molecule has 0 aliphatic heterocycles. The van der Waals surface area contributed by atoms with E-state index in [1.807, 2.05) is 0 Å². The summed E-state index contributed by atoms with van der Waals surface area (Å²) in [5.41, 5.74) is 0.165. The van der Waals surface area contributed by atoms with E-state index in [0.29, 0.717) is 22.1 Å². The molecule has 0 saturated heterocycles. The lowest BCUT2D eigenvalue weighted by Gasteiger charge is -2.12. The quantitative estimate of drug-likeness (QED) is 0.768. The van der Waals surface area contributed by atoms with Crippen molar-refractivity contribution in [2.45, 2.75) is 11.1 Å². The van der Waals surface area contributed by atoms with Gasteiger partial charge in [0.25, 0.3) is 5.56 Å². The summed E-state index contributed by atoms with van der Waals surface area (Å²) in [6.07, 6.45) is 0. The van der Waals surface area contributed by atoms with E-state index in [1.54, 1.807) is 31.2 Å². The fraction of sp³-hybridized carbons (Fsp3) is 0.143. The van der Waals surface area contributed by atoms with Gasteiger partial charge >= 0.3 is 0 Å². The number of nitrogens with zero attached hydrogens (tertiary/aromatic N) is 2. The molecule has 0 amide bonds. The molecule has 3 aromatic rings. The van der Waals surface area contributed by atoms with E-state index in [1.165, 1.54) is 17.7 Å². The van der Waals surface area contributed by atoms with Gasteiger partial charge in [-0.3, -0.25) is 9.36 Å². The fourth-order valence-electron chi connectivity index (χ4n) is 2.30. The van der Waals surface area contributed by atoms with Crippen LogP contribution in [0.15, 0.2) is 39.3 Å². The van der Waals surface area contributed by atoms with Crippen molar-refractivity contribution in [3.63, 3.8) is 0 Å². The summed E-state index contributed by atoms with van der Waals surface area (Å²) in [6, 6.07) is 8.29. The highest BCUT2D eigenvalue weighted by Crippen LogP contribution is 2.27. The van der Waals surface area contributed by atoms with Crippen molar-refractivity contribution < 1.29 is 13.2 Å². The second-order valence-electron chi connectivity index (χ2n) is 4.80. The average molecular weight is 351 g/mol. The van der Waals surface area contributed by atoms with Crippen LogP contribution in [0.2, 0.25) is 0 Å². The van der Waals surface area contributed by atoms with Crippen LogP contribution in [0.1, 0.15) is 5.82 Å². The molecule has 120 valence electrons. The highest BCUT2D eigenvalue weighted by Gasteiger charge is 2.19. The maximum atomic E-state index is 12.8. The van der Waals surface area contributed by atoms with Crippen LogP contribution in [0.5, 0.6) is 5.75 Å². The van der Waals surface area contributed by atoms with Crippen LogP contribution in [0.25, 0.3) is 15.9 Å². The minimum atomic E-state index is -3.88. The van der Waals surface area contributed by atoms with Gasteiger partial charge in [0.1, 0.15) is 20.6 Å². The lowest BCUT2D eigenvalue weighted by atomic mass is 10.2. The number of methoxy groups -OCH3 is 1. The highest BCUT2D eigenvalue weighted by atomic mass is 32.2. The van der Waals surface area contributed by atoms with Crippen molar-refractivity contribution in [1.29, 1.82) is 0 Å². The summed E-state index contributed by atoms with van der Waals surface area (Å²) >= 11 is 0.878. The van der Waals surface area contributed by atoms with E-state index in [0.717, 1.165) is 11.3 Å². The zero-order valence-electron chi connectivity index (χ0n) is 12.3. The first-order valence-electron chi connectivity index (χ1n) is 6.52. The number of aryl methyl sites for hydroxylation is 1. The molecule has 0 aliphatic carbocycles. The Kier molecular flexibility index (Phi) is 3.71. The lowest BCUT2D eigenvalue weighted by molar-refractivity contribution is 0.412. The number of ether oxygens (including phenoxy) is 1. The van der Waals surface area contributed by atoms with Gasteiger partial charge in [0.2, 0.25) is 10.0 Å². The lowest BCUT2D eigenvalue weighted by Crippen LogP contribution is -2.22. The van der Waals surface area contributed by atoms with E-state index in [2.05, 4.69) is 4.98 Å². The molecule has 0 aliphatic rings. The van der Waals surface area contributed by atoms with Gasteiger partial charge in [-0.2, -0.15) is 0 Å². The maximum absolute atomic E-state index is 12.8. The zero-order valence-corrected chi connectivity index (χ0v) is 13.9. The van der Waals surface area contributed by atoms with Crippen LogP contribution < -0.4 is 15.4 Å². The van der Waals surface area contributed by atoms with E-state index in [4.69, 9.17) is 9.88 Å². The topological polar surface area (TPSA) is 104 Å². The Balaban J connectivity index is 2.37. The number of benzene rings is 1. The normalized spacial score (nSPS) is 11.8. The van der Waals surface area contributed by atoms with Gasteiger partial charge in [-0.1, -0.05) is 12.1 Å². The number of aromatic nitrogens is 2. The molecule has 0 atom stereocenters.